The molecule has 0 aliphatic heterocycles. The third-order valence-corrected chi connectivity index (χ3v) is 6.07. The molecule has 37 heavy (non-hydrogen) atoms. The standard InChI is InChI=1S/C31H28O6/c32-19-31(20-33,21-36-27-15-11-25(12-16-27)29(34)23-7-3-1-4-8-23)22-37-28-17-13-26(14-18-28)30(35)24-9-5-2-6-10-24/h1-18,32-33H,19-22H2. The number of hydrogen-bond donors (Lipinski definition) is 2. The van der Waals surface area contributed by atoms with Crippen molar-refractivity contribution in [2.45, 2.75) is 0 Å². The predicted molar refractivity (Wildman–Crippen MR) is 140 cm³/mol. The van der Waals surface area contributed by atoms with Gasteiger partial charge in [-0.05, 0) is 48.5 Å². The minimum atomic E-state index is -1.06. The van der Waals surface area contributed by atoms with Crippen LogP contribution in [0, 0.1) is 5.41 Å². The number of rotatable bonds is 12. The minimum absolute atomic E-state index is 0.00342. The molecule has 0 atom stereocenters. The summed E-state index contributed by atoms with van der Waals surface area (Å²) in [4.78, 5) is 25.2. The molecule has 0 saturated carbocycles. The smallest absolute Gasteiger partial charge is 0.193 e. The van der Waals surface area contributed by atoms with Gasteiger partial charge in [0.15, 0.2) is 11.6 Å². The molecule has 4 aromatic carbocycles. The maximum atomic E-state index is 12.6. The minimum Gasteiger partial charge on any atom is -0.493 e. The molecule has 0 bridgehead atoms. The van der Waals surface area contributed by atoms with Crippen molar-refractivity contribution in [2.75, 3.05) is 26.4 Å². The lowest BCUT2D eigenvalue weighted by Crippen LogP contribution is -2.41. The summed E-state index contributed by atoms with van der Waals surface area (Å²) in [7, 11) is 0. The Balaban J connectivity index is 1.35. The molecule has 0 aromatic heterocycles. The van der Waals surface area contributed by atoms with Gasteiger partial charge in [0, 0.05) is 22.3 Å². The lowest BCUT2D eigenvalue weighted by Gasteiger charge is -2.29. The van der Waals surface area contributed by atoms with Crippen LogP contribution in [0.3, 0.4) is 0 Å². The summed E-state index contributed by atoms with van der Waals surface area (Å²) in [6, 6.07) is 31.5. The van der Waals surface area contributed by atoms with Crippen molar-refractivity contribution in [1.82, 2.24) is 0 Å². The highest BCUT2D eigenvalue weighted by molar-refractivity contribution is 6.09. The van der Waals surface area contributed by atoms with Crippen LogP contribution in [0.4, 0.5) is 0 Å². The molecule has 0 heterocycles. The van der Waals surface area contributed by atoms with E-state index in [2.05, 4.69) is 0 Å². The Hall–Kier alpha value is -4.26. The number of aliphatic hydroxyl groups is 2. The van der Waals surface area contributed by atoms with Gasteiger partial charge in [-0.15, -0.1) is 0 Å². The van der Waals surface area contributed by atoms with Gasteiger partial charge in [0.2, 0.25) is 0 Å². The molecule has 6 nitrogen and oxygen atoms in total. The zero-order chi connectivity index (χ0) is 26.1. The first-order chi connectivity index (χ1) is 18.0. The quantitative estimate of drug-likeness (QED) is 0.279. The zero-order valence-electron chi connectivity index (χ0n) is 20.2. The number of ketones is 2. The number of ether oxygens (including phenoxy) is 2. The average molecular weight is 497 g/mol. The van der Waals surface area contributed by atoms with E-state index in [9.17, 15) is 19.8 Å². The molecule has 0 radical (unpaired) electrons. The Kier molecular flexibility index (Phi) is 8.46. The molecule has 0 spiro atoms. The van der Waals surface area contributed by atoms with Crippen molar-refractivity contribution < 1.29 is 29.3 Å². The molecule has 2 N–H and O–H groups in total. The fraction of sp³-hybridized carbons (Fsp3) is 0.161. The monoisotopic (exact) mass is 496 g/mol. The topological polar surface area (TPSA) is 93.1 Å². The van der Waals surface area contributed by atoms with Crippen molar-refractivity contribution in [3.8, 4) is 11.5 Å². The summed E-state index contributed by atoms with van der Waals surface area (Å²) in [6.07, 6.45) is 0. The summed E-state index contributed by atoms with van der Waals surface area (Å²) in [6.45, 7) is -0.732. The van der Waals surface area contributed by atoms with Gasteiger partial charge >= 0.3 is 0 Å². The Morgan fingerprint density at radius 2 is 0.838 bits per heavy atom. The predicted octanol–water partition coefficient (Wildman–Crippen LogP) is 4.58. The molecule has 4 aromatic rings. The van der Waals surface area contributed by atoms with E-state index in [1.54, 1.807) is 72.8 Å². The molecule has 0 fully saturated rings. The number of carbonyl (C=O) groups excluding carboxylic acids is 2. The fourth-order valence-corrected chi connectivity index (χ4v) is 3.66. The van der Waals surface area contributed by atoms with E-state index in [4.69, 9.17) is 9.47 Å². The first-order valence-corrected chi connectivity index (χ1v) is 11.9. The van der Waals surface area contributed by atoms with Gasteiger partial charge in [0.25, 0.3) is 0 Å². The molecular weight excluding hydrogens is 468 g/mol. The van der Waals surface area contributed by atoms with Gasteiger partial charge in [-0.3, -0.25) is 9.59 Å². The Labute approximate surface area is 215 Å². The van der Waals surface area contributed by atoms with Crippen molar-refractivity contribution >= 4 is 11.6 Å². The molecule has 6 heteroatoms. The summed E-state index contributed by atoms with van der Waals surface area (Å²) in [5.41, 5.74) is 1.21. The van der Waals surface area contributed by atoms with Crippen LogP contribution in [0.15, 0.2) is 109 Å². The van der Waals surface area contributed by atoms with Crippen molar-refractivity contribution in [1.29, 1.82) is 0 Å². The first-order valence-electron chi connectivity index (χ1n) is 11.9. The Morgan fingerprint density at radius 1 is 0.514 bits per heavy atom. The van der Waals surface area contributed by atoms with Gasteiger partial charge < -0.3 is 19.7 Å². The number of hydrogen-bond acceptors (Lipinski definition) is 6. The second kappa shape index (κ2) is 12.1. The van der Waals surface area contributed by atoms with E-state index in [0.717, 1.165) is 0 Å². The van der Waals surface area contributed by atoms with E-state index in [1.807, 2.05) is 36.4 Å². The lowest BCUT2D eigenvalue weighted by molar-refractivity contribution is -0.0186. The van der Waals surface area contributed by atoms with E-state index < -0.39 is 5.41 Å². The van der Waals surface area contributed by atoms with Gasteiger partial charge in [0.05, 0.1) is 18.6 Å². The van der Waals surface area contributed by atoms with Crippen molar-refractivity contribution in [3.05, 3.63) is 131 Å². The largest absolute Gasteiger partial charge is 0.493 e. The van der Waals surface area contributed by atoms with Crippen molar-refractivity contribution in [2.24, 2.45) is 5.41 Å². The summed E-state index contributed by atoms with van der Waals surface area (Å²) in [5.74, 6) is 0.827. The summed E-state index contributed by atoms with van der Waals surface area (Å²) < 4.78 is 11.7. The molecule has 0 aliphatic rings. The third-order valence-electron chi connectivity index (χ3n) is 6.07. The van der Waals surface area contributed by atoms with E-state index >= 15 is 0 Å². The van der Waals surface area contributed by atoms with Crippen molar-refractivity contribution in [3.63, 3.8) is 0 Å². The normalized spacial score (nSPS) is 11.1. The first kappa shape index (κ1) is 25.8. The third kappa shape index (κ3) is 6.50. The summed E-state index contributed by atoms with van der Waals surface area (Å²) >= 11 is 0. The Morgan fingerprint density at radius 3 is 1.16 bits per heavy atom. The second-order valence-electron chi connectivity index (χ2n) is 8.83. The maximum absolute atomic E-state index is 12.6. The van der Waals surface area contributed by atoms with Crippen LogP contribution in [0.5, 0.6) is 11.5 Å². The maximum Gasteiger partial charge on any atom is 0.193 e. The van der Waals surface area contributed by atoms with Gasteiger partial charge in [-0.1, -0.05) is 60.7 Å². The lowest BCUT2D eigenvalue weighted by atomic mass is 9.92. The SMILES string of the molecule is O=C(c1ccccc1)c1ccc(OCC(CO)(CO)COc2ccc(C(=O)c3ccccc3)cc2)cc1. The summed E-state index contributed by atoms with van der Waals surface area (Å²) in [5, 5.41) is 20.0. The molecule has 0 aliphatic carbocycles. The zero-order valence-corrected chi connectivity index (χ0v) is 20.2. The van der Waals surface area contributed by atoms with Gasteiger partial charge in [-0.25, -0.2) is 0 Å². The molecule has 188 valence electrons. The molecule has 0 amide bonds. The van der Waals surface area contributed by atoms with E-state index in [-0.39, 0.29) is 38.0 Å². The van der Waals surface area contributed by atoms with Crippen LogP contribution < -0.4 is 9.47 Å². The van der Waals surface area contributed by atoms with E-state index in [1.165, 1.54) is 0 Å². The average Bonchev–Trinajstić information content (AvgIpc) is 2.98. The Bertz CT molecular complexity index is 1190. The van der Waals surface area contributed by atoms with Crippen LogP contribution in [0.25, 0.3) is 0 Å². The van der Waals surface area contributed by atoms with E-state index in [0.29, 0.717) is 33.8 Å². The van der Waals surface area contributed by atoms with Crippen LogP contribution in [0.2, 0.25) is 0 Å². The molecule has 0 unspecified atom stereocenters. The van der Waals surface area contributed by atoms with Crippen LogP contribution in [-0.4, -0.2) is 48.2 Å². The molecular formula is C31H28O6. The van der Waals surface area contributed by atoms with Crippen LogP contribution >= 0.6 is 0 Å². The fourth-order valence-electron chi connectivity index (χ4n) is 3.66. The van der Waals surface area contributed by atoms with Crippen LogP contribution in [0.1, 0.15) is 31.8 Å². The highest BCUT2D eigenvalue weighted by atomic mass is 16.5. The molecule has 4 rings (SSSR count). The number of aliphatic hydroxyl groups excluding tert-OH is 2. The van der Waals surface area contributed by atoms with Crippen LogP contribution in [-0.2, 0) is 0 Å². The highest BCUT2D eigenvalue weighted by Gasteiger charge is 2.31. The van der Waals surface area contributed by atoms with Gasteiger partial charge in [0.1, 0.15) is 24.7 Å². The molecule has 0 saturated heterocycles. The number of carbonyl (C=O) groups is 2. The highest BCUT2D eigenvalue weighted by Crippen LogP contribution is 2.23. The second-order valence-corrected chi connectivity index (χ2v) is 8.83. The van der Waals surface area contributed by atoms with Gasteiger partial charge in [-0.2, -0.15) is 0 Å². The number of benzene rings is 4.